The first-order valence-electron chi connectivity index (χ1n) is 7.17. The van der Waals surface area contributed by atoms with Crippen molar-refractivity contribution in [2.45, 2.75) is 24.8 Å². The molecule has 0 bridgehead atoms. The van der Waals surface area contributed by atoms with E-state index in [-0.39, 0.29) is 5.91 Å². The molecule has 2 atom stereocenters. The zero-order chi connectivity index (χ0) is 14.8. The van der Waals surface area contributed by atoms with Gasteiger partial charge in [-0.05, 0) is 18.9 Å². The molecule has 0 aliphatic carbocycles. The van der Waals surface area contributed by atoms with E-state index >= 15 is 0 Å². The molecule has 7 heteroatoms. The fourth-order valence-corrected chi connectivity index (χ4v) is 2.87. The summed E-state index contributed by atoms with van der Waals surface area (Å²) in [5, 5.41) is 11.1. The SMILES string of the molecule is Cn1cc(C(N)C(=O)N2CCCC(c3ccn[nH]3)C2)cn1. The number of aromatic amines is 1. The summed E-state index contributed by atoms with van der Waals surface area (Å²) < 4.78 is 1.66. The Morgan fingerprint density at radius 2 is 2.43 bits per heavy atom. The molecule has 2 aromatic heterocycles. The third-order valence-electron chi connectivity index (χ3n) is 4.05. The van der Waals surface area contributed by atoms with Crippen molar-refractivity contribution in [1.29, 1.82) is 0 Å². The minimum absolute atomic E-state index is 0.0350. The van der Waals surface area contributed by atoms with E-state index in [1.165, 1.54) is 0 Å². The smallest absolute Gasteiger partial charge is 0.244 e. The van der Waals surface area contributed by atoms with Gasteiger partial charge < -0.3 is 10.6 Å². The maximum Gasteiger partial charge on any atom is 0.244 e. The van der Waals surface area contributed by atoms with Gasteiger partial charge in [0.2, 0.25) is 5.91 Å². The Labute approximate surface area is 123 Å². The number of carbonyl (C=O) groups excluding carboxylic acids is 1. The van der Waals surface area contributed by atoms with Gasteiger partial charge in [0, 0.05) is 49.7 Å². The van der Waals surface area contributed by atoms with Gasteiger partial charge in [-0.1, -0.05) is 0 Å². The molecule has 1 fully saturated rings. The Balaban J connectivity index is 1.69. The maximum atomic E-state index is 12.6. The molecule has 1 aliphatic rings. The molecule has 3 rings (SSSR count). The summed E-state index contributed by atoms with van der Waals surface area (Å²) in [5.74, 6) is 0.276. The number of nitrogens with zero attached hydrogens (tertiary/aromatic N) is 4. The fraction of sp³-hybridized carbons (Fsp3) is 0.500. The van der Waals surface area contributed by atoms with Crippen LogP contribution in [0.1, 0.15) is 36.1 Å². The lowest BCUT2D eigenvalue weighted by Crippen LogP contribution is -2.43. The monoisotopic (exact) mass is 288 g/mol. The van der Waals surface area contributed by atoms with Crippen molar-refractivity contribution in [3.8, 4) is 0 Å². The fourth-order valence-electron chi connectivity index (χ4n) is 2.87. The highest BCUT2D eigenvalue weighted by molar-refractivity contribution is 5.83. The number of rotatable bonds is 3. The average Bonchev–Trinajstić information content (AvgIpc) is 3.17. The first-order valence-corrected chi connectivity index (χ1v) is 7.17. The van der Waals surface area contributed by atoms with E-state index in [4.69, 9.17) is 5.73 Å². The summed E-state index contributed by atoms with van der Waals surface area (Å²) in [4.78, 5) is 14.4. The topological polar surface area (TPSA) is 92.8 Å². The van der Waals surface area contributed by atoms with E-state index in [2.05, 4.69) is 15.3 Å². The van der Waals surface area contributed by atoms with Gasteiger partial charge in [-0.3, -0.25) is 14.6 Å². The van der Waals surface area contributed by atoms with Gasteiger partial charge in [0.05, 0.1) is 6.20 Å². The highest BCUT2D eigenvalue weighted by Gasteiger charge is 2.29. The third-order valence-corrected chi connectivity index (χ3v) is 4.05. The predicted octanol–water partition coefficient (Wildman–Crippen LogP) is 0.549. The number of nitrogens with one attached hydrogen (secondary N) is 1. The van der Waals surface area contributed by atoms with Crippen LogP contribution in [0.25, 0.3) is 0 Å². The Bertz CT molecular complexity index is 605. The van der Waals surface area contributed by atoms with Gasteiger partial charge in [-0.25, -0.2) is 0 Å². The van der Waals surface area contributed by atoms with E-state index in [1.54, 1.807) is 23.3 Å². The molecular formula is C14H20N6O. The highest BCUT2D eigenvalue weighted by Crippen LogP contribution is 2.26. The lowest BCUT2D eigenvalue weighted by atomic mass is 9.94. The number of aromatic nitrogens is 4. The lowest BCUT2D eigenvalue weighted by molar-refractivity contribution is -0.134. The molecule has 7 nitrogen and oxygen atoms in total. The van der Waals surface area contributed by atoms with Gasteiger partial charge >= 0.3 is 0 Å². The molecule has 0 spiro atoms. The standard InChI is InChI=1S/C14H20N6O/c1-19-8-11(7-17-19)13(15)14(21)20-6-2-3-10(9-20)12-4-5-16-18-12/h4-5,7-8,10,13H,2-3,6,9,15H2,1H3,(H,16,18). The Kier molecular flexibility index (Phi) is 3.74. The minimum atomic E-state index is -0.640. The van der Waals surface area contributed by atoms with Crippen molar-refractivity contribution in [1.82, 2.24) is 24.9 Å². The van der Waals surface area contributed by atoms with Crippen LogP contribution in [0.4, 0.5) is 0 Å². The lowest BCUT2D eigenvalue weighted by Gasteiger charge is -2.33. The second-order valence-corrected chi connectivity index (χ2v) is 5.56. The first-order chi connectivity index (χ1) is 10.1. The molecule has 1 saturated heterocycles. The van der Waals surface area contributed by atoms with E-state index in [0.717, 1.165) is 30.6 Å². The van der Waals surface area contributed by atoms with Crippen LogP contribution < -0.4 is 5.73 Å². The van der Waals surface area contributed by atoms with Crippen molar-refractivity contribution in [2.24, 2.45) is 12.8 Å². The van der Waals surface area contributed by atoms with Crippen LogP contribution in [0.5, 0.6) is 0 Å². The largest absolute Gasteiger partial charge is 0.340 e. The number of hydrogen-bond donors (Lipinski definition) is 2. The maximum absolute atomic E-state index is 12.6. The van der Waals surface area contributed by atoms with E-state index in [1.807, 2.05) is 18.0 Å². The Morgan fingerprint density at radius 3 is 3.10 bits per heavy atom. The number of hydrogen-bond acceptors (Lipinski definition) is 4. The van der Waals surface area contributed by atoms with Gasteiger partial charge in [-0.15, -0.1) is 0 Å². The summed E-state index contributed by atoms with van der Waals surface area (Å²) in [7, 11) is 1.82. The van der Waals surface area contributed by atoms with Crippen LogP contribution in [0.3, 0.4) is 0 Å². The van der Waals surface area contributed by atoms with Crippen molar-refractivity contribution < 1.29 is 4.79 Å². The number of nitrogens with two attached hydrogens (primary N) is 1. The van der Waals surface area contributed by atoms with Crippen molar-refractivity contribution in [2.75, 3.05) is 13.1 Å². The van der Waals surface area contributed by atoms with Crippen LogP contribution in [0.15, 0.2) is 24.7 Å². The Morgan fingerprint density at radius 1 is 1.57 bits per heavy atom. The predicted molar refractivity (Wildman–Crippen MR) is 77.3 cm³/mol. The van der Waals surface area contributed by atoms with Gasteiger partial charge in [0.1, 0.15) is 6.04 Å². The second kappa shape index (κ2) is 5.69. The number of amides is 1. The second-order valence-electron chi connectivity index (χ2n) is 5.56. The molecule has 0 radical (unpaired) electrons. The molecular weight excluding hydrogens is 268 g/mol. The summed E-state index contributed by atoms with van der Waals surface area (Å²) in [5.41, 5.74) is 7.92. The number of piperidine rings is 1. The van der Waals surface area contributed by atoms with Crippen molar-refractivity contribution in [3.05, 3.63) is 35.9 Å². The van der Waals surface area contributed by atoms with E-state index in [9.17, 15) is 4.79 Å². The number of aryl methyl sites for hydroxylation is 1. The average molecular weight is 288 g/mol. The van der Waals surface area contributed by atoms with Crippen LogP contribution >= 0.6 is 0 Å². The molecule has 2 unspecified atom stereocenters. The first kappa shape index (κ1) is 13.8. The summed E-state index contributed by atoms with van der Waals surface area (Å²) in [6.45, 7) is 1.45. The zero-order valence-electron chi connectivity index (χ0n) is 12.1. The Hall–Kier alpha value is -2.15. The van der Waals surface area contributed by atoms with Gasteiger partial charge in [-0.2, -0.15) is 10.2 Å². The minimum Gasteiger partial charge on any atom is -0.340 e. The van der Waals surface area contributed by atoms with E-state index in [0.29, 0.717) is 12.5 Å². The van der Waals surface area contributed by atoms with Crippen molar-refractivity contribution in [3.63, 3.8) is 0 Å². The summed E-state index contributed by atoms with van der Waals surface area (Å²) >= 11 is 0. The normalized spacial score (nSPS) is 20.5. The molecule has 3 heterocycles. The highest BCUT2D eigenvalue weighted by atomic mass is 16.2. The molecule has 3 N–H and O–H groups in total. The molecule has 0 aromatic carbocycles. The number of H-pyrrole nitrogens is 1. The van der Waals surface area contributed by atoms with Crippen LogP contribution in [-0.4, -0.2) is 43.9 Å². The molecule has 1 aliphatic heterocycles. The quantitative estimate of drug-likeness (QED) is 0.862. The molecule has 21 heavy (non-hydrogen) atoms. The zero-order valence-corrected chi connectivity index (χ0v) is 12.1. The summed E-state index contributed by atoms with van der Waals surface area (Å²) in [6, 6.07) is 1.33. The molecule has 2 aromatic rings. The van der Waals surface area contributed by atoms with E-state index < -0.39 is 6.04 Å². The number of likely N-dealkylation sites (tertiary alicyclic amines) is 1. The molecule has 112 valence electrons. The van der Waals surface area contributed by atoms with Gasteiger partial charge in [0.15, 0.2) is 0 Å². The van der Waals surface area contributed by atoms with Crippen LogP contribution in [0.2, 0.25) is 0 Å². The van der Waals surface area contributed by atoms with Crippen LogP contribution in [0, 0.1) is 0 Å². The summed E-state index contributed by atoms with van der Waals surface area (Å²) in [6.07, 6.45) is 7.23. The van der Waals surface area contributed by atoms with Crippen molar-refractivity contribution >= 4 is 5.91 Å². The van der Waals surface area contributed by atoms with Gasteiger partial charge in [0.25, 0.3) is 0 Å². The molecule has 0 saturated carbocycles. The number of carbonyl (C=O) groups is 1. The van der Waals surface area contributed by atoms with Crippen LogP contribution in [-0.2, 0) is 11.8 Å². The third kappa shape index (κ3) is 2.82. The molecule has 1 amide bonds.